The number of allylic oxidation sites excluding steroid dienone is 1. The van der Waals surface area contributed by atoms with Crippen molar-refractivity contribution in [2.24, 2.45) is 0 Å². The first-order valence-electron chi connectivity index (χ1n) is 7.92. The average molecular weight is 278 g/mol. The number of aromatic nitrogens is 1. The normalized spacial score (nSPS) is 14.6. The summed E-state index contributed by atoms with van der Waals surface area (Å²) in [6, 6.07) is 6.72. The van der Waals surface area contributed by atoms with E-state index in [4.69, 9.17) is 0 Å². The number of hydrogen-bond acceptors (Lipinski definition) is 2. The monoisotopic (exact) mass is 278 g/mol. The highest BCUT2D eigenvalue weighted by atomic mass is 14.9. The van der Waals surface area contributed by atoms with Crippen LogP contribution in [0.4, 0.5) is 5.69 Å². The zero-order chi connectivity index (χ0) is 14.7. The van der Waals surface area contributed by atoms with Crippen LogP contribution in [0.5, 0.6) is 0 Å². The van der Waals surface area contributed by atoms with Crippen LogP contribution in [0.2, 0.25) is 0 Å². The van der Waals surface area contributed by atoms with E-state index in [-0.39, 0.29) is 0 Å². The fourth-order valence-corrected chi connectivity index (χ4v) is 3.05. The molecular formula is C19H22N2. The molecule has 1 aliphatic heterocycles. The van der Waals surface area contributed by atoms with Gasteiger partial charge in [0.1, 0.15) is 0 Å². The average Bonchev–Trinajstić information content (AvgIpc) is 3.04. The zero-order valence-electron chi connectivity index (χ0n) is 12.8. The molecule has 1 aromatic heterocycles. The number of benzene rings is 1. The molecule has 2 aliphatic rings. The van der Waals surface area contributed by atoms with Gasteiger partial charge in [0.2, 0.25) is 0 Å². The molecule has 0 saturated carbocycles. The molecule has 2 aromatic rings. The van der Waals surface area contributed by atoms with Gasteiger partial charge in [-0.3, -0.25) is 4.98 Å². The summed E-state index contributed by atoms with van der Waals surface area (Å²) in [4.78, 5) is 4.42. The van der Waals surface area contributed by atoms with Crippen LogP contribution >= 0.6 is 0 Å². The Bertz CT molecular complexity index is 671. The highest BCUT2D eigenvalue weighted by molar-refractivity contribution is 5.79. The van der Waals surface area contributed by atoms with E-state index in [1.807, 2.05) is 26.2 Å². The van der Waals surface area contributed by atoms with Gasteiger partial charge < -0.3 is 5.32 Å². The predicted octanol–water partition coefficient (Wildman–Crippen LogP) is 4.70. The van der Waals surface area contributed by atoms with Gasteiger partial charge in [-0.15, -0.1) is 0 Å². The first kappa shape index (κ1) is 13.9. The molecule has 21 heavy (non-hydrogen) atoms. The van der Waals surface area contributed by atoms with E-state index in [9.17, 15) is 0 Å². The minimum atomic E-state index is 1.06. The Morgan fingerprint density at radius 3 is 2.86 bits per heavy atom. The van der Waals surface area contributed by atoms with Crippen molar-refractivity contribution in [3.63, 3.8) is 0 Å². The summed E-state index contributed by atoms with van der Waals surface area (Å²) in [7, 11) is 0. The predicted molar refractivity (Wildman–Crippen MR) is 90.6 cm³/mol. The summed E-state index contributed by atoms with van der Waals surface area (Å²) in [6.45, 7) is 5.06. The summed E-state index contributed by atoms with van der Waals surface area (Å²) < 4.78 is 0. The molecule has 1 aliphatic carbocycles. The van der Waals surface area contributed by atoms with E-state index < -0.39 is 0 Å². The van der Waals surface area contributed by atoms with Crippen molar-refractivity contribution in [1.82, 2.24) is 4.98 Å². The molecule has 0 atom stereocenters. The molecular weight excluding hydrogens is 256 g/mol. The molecule has 0 saturated heterocycles. The van der Waals surface area contributed by atoms with E-state index in [1.54, 1.807) is 0 Å². The number of pyridine rings is 1. The van der Waals surface area contributed by atoms with Crippen molar-refractivity contribution in [1.29, 1.82) is 0 Å². The third kappa shape index (κ3) is 2.58. The summed E-state index contributed by atoms with van der Waals surface area (Å²) in [5.74, 6) is 0. The lowest BCUT2D eigenvalue weighted by Crippen LogP contribution is -1.98. The minimum absolute atomic E-state index is 1.06. The van der Waals surface area contributed by atoms with Crippen LogP contribution in [0.3, 0.4) is 0 Å². The van der Waals surface area contributed by atoms with Crippen molar-refractivity contribution in [2.75, 3.05) is 11.9 Å². The second-order valence-corrected chi connectivity index (χ2v) is 5.25. The molecule has 2 nitrogen and oxygen atoms in total. The second kappa shape index (κ2) is 6.13. The number of hydrogen-bond donors (Lipinski definition) is 1. The maximum atomic E-state index is 4.42. The third-order valence-electron chi connectivity index (χ3n) is 4.06. The molecule has 0 fully saturated rings. The van der Waals surface area contributed by atoms with Gasteiger partial charge in [-0.2, -0.15) is 0 Å². The Morgan fingerprint density at radius 2 is 1.95 bits per heavy atom. The SMILES string of the molecule is C1=Cc2c(cncc2-c2ccc3c(c2)CCN3)CC1.CC. The van der Waals surface area contributed by atoms with Crippen LogP contribution in [0.15, 0.2) is 36.7 Å². The molecule has 0 amide bonds. The molecule has 0 radical (unpaired) electrons. The van der Waals surface area contributed by atoms with Crippen molar-refractivity contribution < 1.29 is 0 Å². The quantitative estimate of drug-likeness (QED) is 0.817. The van der Waals surface area contributed by atoms with Crippen LogP contribution in [0, 0.1) is 0 Å². The van der Waals surface area contributed by atoms with Gasteiger partial charge in [0.15, 0.2) is 0 Å². The molecule has 1 N–H and O–H groups in total. The van der Waals surface area contributed by atoms with Gasteiger partial charge in [-0.25, -0.2) is 0 Å². The summed E-state index contributed by atoms with van der Waals surface area (Å²) in [5, 5.41) is 3.41. The number of fused-ring (bicyclic) bond motifs is 2. The van der Waals surface area contributed by atoms with Crippen LogP contribution < -0.4 is 5.32 Å². The summed E-state index contributed by atoms with van der Waals surface area (Å²) >= 11 is 0. The largest absolute Gasteiger partial charge is 0.384 e. The number of aryl methyl sites for hydroxylation is 1. The van der Waals surface area contributed by atoms with Gasteiger partial charge in [0, 0.05) is 30.2 Å². The summed E-state index contributed by atoms with van der Waals surface area (Å²) in [5.41, 5.74) is 8.00. The maximum absolute atomic E-state index is 4.42. The molecule has 1 aromatic carbocycles. The molecule has 0 unspecified atom stereocenters. The maximum Gasteiger partial charge on any atom is 0.0373 e. The van der Waals surface area contributed by atoms with E-state index in [0.717, 1.165) is 25.8 Å². The molecule has 2 heteroatoms. The fourth-order valence-electron chi connectivity index (χ4n) is 3.05. The van der Waals surface area contributed by atoms with E-state index >= 15 is 0 Å². The Kier molecular flexibility index (Phi) is 4.05. The lowest BCUT2D eigenvalue weighted by Gasteiger charge is -2.15. The standard InChI is InChI=1S/C17H16N2.C2H6/c1-2-4-15-14(3-1)10-18-11-16(15)12-5-6-17-13(9-12)7-8-19-17;1-2/h2,4-6,9-11,19H,1,3,7-8H2;1-2H3. The van der Waals surface area contributed by atoms with Crippen LogP contribution in [0.1, 0.15) is 37.0 Å². The number of anilines is 1. The van der Waals surface area contributed by atoms with Crippen molar-refractivity contribution in [3.8, 4) is 11.1 Å². The van der Waals surface area contributed by atoms with Crippen molar-refractivity contribution in [2.45, 2.75) is 33.1 Å². The number of nitrogens with zero attached hydrogens (tertiary/aromatic N) is 1. The Hall–Kier alpha value is -2.09. The lowest BCUT2D eigenvalue weighted by molar-refractivity contribution is 0.972. The van der Waals surface area contributed by atoms with Crippen molar-refractivity contribution >= 4 is 11.8 Å². The fraction of sp³-hybridized carbons (Fsp3) is 0.316. The van der Waals surface area contributed by atoms with Gasteiger partial charge in [0.25, 0.3) is 0 Å². The lowest BCUT2D eigenvalue weighted by atomic mass is 9.91. The van der Waals surface area contributed by atoms with E-state index in [2.05, 4.69) is 40.7 Å². The van der Waals surface area contributed by atoms with E-state index in [0.29, 0.717) is 0 Å². The van der Waals surface area contributed by atoms with Crippen LogP contribution in [-0.2, 0) is 12.8 Å². The van der Waals surface area contributed by atoms with E-state index in [1.165, 1.54) is 33.5 Å². The van der Waals surface area contributed by atoms with Gasteiger partial charge in [-0.1, -0.05) is 32.1 Å². The molecule has 2 heterocycles. The molecule has 108 valence electrons. The smallest absolute Gasteiger partial charge is 0.0373 e. The molecule has 0 spiro atoms. The van der Waals surface area contributed by atoms with Crippen molar-refractivity contribution in [3.05, 3.63) is 53.4 Å². The Morgan fingerprint density at radius 1 is 1.05 bits per heavy atom. The Balaban J connectivity index is 0.000000636. The Labute approximate surface area is 126 Å². The highest BCUT2D eigenvalue weighted by Crippen LogP contribution is 2.33. The first-order chi connectivity index (χ1) is 10.4. The van der Waals surface area contributed by atoms with Gasteiger partial charge >= 0.3 is 0 Å². The zero-order valence-corrected chi connectivity index (χ0v) is 12.8. The molecule has 0 bridgehead atoms. The van der Waals surface area contributed by atoms with Crippen LogP contribution in [0.25, 0.3) is 17.2 Å². The third-order valence-corrected chi connectivity index (χ3v) is 4.06. The van der Waals surface area contributed by atoms with Gasteiger partial charge in [0.05, 0.1) is 0 Å². The minimum Gasteiger partial charge on any atom is -0.384 e. The molecule has 4 rings (SSSR count). The van der Waals surface area contributed by atoms with Gasteiger partial charge in [-0.05, 0) is 53.6 Å². The van der Waals surface area contributed by atoms with Crippen LogP contribution in [-0.4, -0.2) is 11.5 Å². The number of nitrogens with one attached hydrogen (secondary N) is 1. The second-order valence-electron chi connectivity index (χ2n) is 5.25. The highest BCUT2D eigenvalue weighted by Gasteiger charge is 2.14. The topological polar surface area (TPSA) is 24.9 Å². The summed E-state index contributed by atoms with van der Waals surface area (Å²) in [6.07, 6.45) is 11.9. The number of rotatable bonds is 1. The first-order valence-corrected chi connectivity index (χ1v) is 7.92.